The smallest absolute Gasteiger partial charge is 0.254 e. The Labute approximate surface area is 136 Å². The zero-order valence-corrected chi connectivity index (χ0v) is 13.5. The van der Waals surface area contributed by atoms with E-state index in [1.807, 2.05) is 48.2 Å². The SMILES string of the molecule is Cc1ccccc1C(=O)N1CCCCC(c2ccc(F)cc2)C1. The molecule has 3 heteroatoms. The predicted octanol–water partition coefficient (Wildman–Crippen LogP) is 4.54. The molecule has 0 aliphatic carbocycles. The number of hydrogen-bond acceptors (Lipinski definition) is 1. The Hall–Kier alpha value is -2.16. The van der Waals surface area contributed by atoms with Gasteiger partial charge in [-0.05, 0) is 49.1 Å². The lowest BCUT2D eigenvalue weighted by Gasteiger charge is -2.25. The minimum absolute atomic E-state index is 0.108. The lowest BCUT2D eigenvalue weighted by atomic mass is 9.94. The van der Waals surface area contributed by atoms with E-state index in [1.54, 1.807) is 0 Å². The van der Waals surface area contributed by atoms with Crippen LogP contribution in [0.15, 0.2) is 48.5 Å². The first kappa shape index (κ1) is 15.7. The van der Waals surface area contributed by atoms with Crippen LogP contribution in [0, 0.1) is 12.7 Å². The Morgan fingerprint density at radius 3 is 2.57 bits per heavy atom. The van der Waals surface area contributed by atoms with E-state index >= 15 is 0 Å². The Morgan fingerprint density at radius 1 is 1.09 bits per heavy atom. The lowest BCUT2D eigenvalue weighted by Crippen LogP contribution is -2.34. The summed E-state index contributed by atoms with van der Waals surface area (Å²) in [6, 6.07) is 14.5. The molecule has 1 aliphatic heterocycles. The first-order valence-corrected chi connectivity index (χ1v) is 8.25. The average molecular weight is 311 g/mol. The van der Waals surface area contributed by atoms with Crippen LogP contribution < -0.4 is 0 Å². The second-order valence-electron chi connectivity index (χ2n) is 6.31. The first-order chi connectivity index (χ1) is 11.1. The minimum Gasteiger partial charge on any atom is -0.338 e. The molecule has 0 N–H and O–H groups in total. The van der Waals surface area contributed by atoms with Gasteiger partial charge in [0.15, 0.2) is 0 Å². The molecule has 0 saturated carbocycles. The van der Waals surface area contributed by atoms with E-state index in [-0.39, 0.29) is 17.6 Å². The lowest BCUT2D eigenvalue weighted by molar-refractivity contribution is 0.0754. The summed E-state index contributed by atoms with van der Waals surface area (Å²) in [6.45, 7) is 3.48. The number of likely N-dealkylation sites (tertiary alicyclic amines) is 1. The molecule has 1 unspecified atom stereocenters. The van der Waals surface area contributed by atoms with Crippen molar-refractivity contribution in [3.8, 4) is 0 Å². The van der Waals surface area contributed by atoms with E-state index in [2.05, 4.69) is 0 Å². The van der Waals surface area contributed by atoms with Crippen molar-refractivity contribution < 1.29 is 9.18 Å². The number of rotatable bonds is 2. The molecule has 120 valence electrons. The van der Waals surface area contributed by atoms with Gasteiger partial charge < -0.3 is 4.90 Å². The number of carbonyl (C=O) groups excluding carboxylic acids is 1. The van der Waals surface area contributed by atoms with Gasteiger partial charge in [-0.2, -0.15) is 0 Å². The van der Waals surface area contributed by atoms with Crippen molar-refractivity contribution in [2.45, 2.75) is 32.1 Å². The van der Waals surface area contributed by atoms with Crippen molar-refractivity contribution in [1.29, 1.82) is 0 Å². The molecule has 1 aliphatic rings. The monoisotopic (exact) mass is 311 g/mol. The summed E-state index contributed by atoms with van der Waals surface area (Å²) >= 11 is 0. The summed E-state index contributed by atoms with van der Waals surface area (Å²) in [7, 11) is 0. The highest BCUT2D eigenvalue weighted by molar-refractivity contribution is 5.95. The predicted molar refractivity (Wildman–Crippen MR) is 90.1 cm³/mol. The number of hydrogen-bond donors (Lipinski definition) is 0. The fourth-order valence-electron chi connectivity index (χ4n) is 3.32. The number of benzene rings is 2. The molecule has 0 spiro atoms. The summed E-state index contributed by atoms with van der Waals surface area (Å²) in [5, 5.41) is 0. The van der Waals surface area contributed by atoms with E-state index in [4.69, 9.17) is 0 Å². The van der Waals surface area contributed by atoms with Crippen LogP contribution in [0.4, 0.5) is 4.39 Å². The molecule has 0 radical (unpaired) electrons. The van der Waals surface area contributed by atoms with Gasteiger partial charge in [0.05, 0.1) is 0 Å². The molecule has 23 heavy (non-hydrogen) atoms. The van der Waals surface area contributed by atoms with Gasteiger partial charge in [0.2, 0.25) is 0 Å². The number of carbonyl (C=O) groups is 1. The highest BCUT2D eigenvalue weighted by Crippen LogP contribution is 2.27. The van der Waals surface area contributed by atoms with Gasteiger partial charge in [-0.25, -0.2) is 4.39 Å². The van der Waals surface area contributed by atoms with E-state index in [0.717, 1.165) is 42.5 Å². The van der Waals surface area contributed by atoms with Crippen LogP contribution >= 0.6 is 0 Å². The first-order valence-electron chi connectivity index (χ1n) is 8.25. The topological polar surface area (TPSA) is 20.3 Å². The molecule has 1 atom stereocenters. The molecule has 2 aromatic carbocycles. The average Bonchev–Trinajstić information content (AvgIpc) is 2.81. The third-order valence-electron chi connectivity index (χ3n) is 4.68. The summed E-state index contributed by atoms with van der Waals surface area (Å²) in [5.74, 6) is 0.179. The number of halogens is 1. The summed E-state index contributed by atoms with van der Waals surface area (Å²) in [6.07, 6.45) is 3.16. The maximum atomic E-state index is 13.1. The number of aryl methyl sites for hydroxylation is 1. The molecule has 1 fully saturated rings. The van der Waals surface area contributed by atoms with Crippen LogP contribution in [-0.2, 0) is 0 Å². The molecule has 0 aromatic heterocycles. The molecule has 2 aromatic rings. The van der Waals surface area contributed by atoms with E-state index < -0.39 is 0 Å². The van der Waals surface area contributed by atoms with Crippen LogP contribution in [-0.4, -0.2) is 23.9 Å². The van der Waals surface area contributed by atoms with Crippen molar-refractivity contribution in [3.63, 3.8) is 0 Å². The minimum atomic E-state index is -0.213. The fourth-order valence-corrected chi connectivity index (χ4v) is 3.32. The maximum absolute atomic E-state index is 13.1. The van der Waals surface area contributed by atoms with Crippen molar-refractivity contribution in [2.75, 3.05) is 13.1 Å². The third kappa shape index (κ3) is 3.61. The number of nitrogens with zero attached hydrogens (tertiary/aromatic N) is 1. The van der Waals surface area contributed by atoms with Crippen molar-refractivity contribution in [2.24, 2.45) is 0 Å². The van der Waals surface area contributed by atoms with Gasteiger partial charge >= 0.3 is 0 Å². The molecular weight excluding hydrogens is 289 g/mol. The van der Waals surface area contributed by atoms with Crippen molar-refractivity contribution in [1.82, 2.24) is 4.90 Å². The summed E-state index contributed by atoms with van der Waals surface area (Å²) < 4.78 is 13.1. The second kappa shape index (κ2) is 6.95. The normalized spacial score (nSPS) is 18.5. The van der Waals surface area contributed by atoms with Gasteiger partial charge in [0.25, 0.3) is 5.91 Å². The Kier molecular flexibility index (Phi) is 4.75. The van der Waals surface area contributed by atoms with Crippen LogP contribution in [0.5, 0.6) is 0 Å². The van der Waals surface area contributed by atoms with Gasteiger partial charge in [-0.15, -0.1) is 0 Å². The number of amides is 1. The zero-order valence-electron chi connectivity index (χ0n) is 13.5. The Morgan fingerprint density at radius 2 is 1.83 bits per heavy atom. The van der Waals surface area contributed by atoms with Crippen molar-refractivity contribution >= 4 is 5.91 Å². The molecule has 2 nitrogen and oxygen atoms in total. The summed E-state index contributed by atoms with van der Waals surface area (Å²) in [4.78, 5) is 14.8. The van der Waals surface area contributed by atoms with Crippen LogP contribution in [0.1, 0.15) is 46.7 Å². The molecule has 0 bridgehead atoms. The molecule has 1 saturated heterocycles. The summed E-state index contributed by atoms with van der Waals surface area (Å²) in [5.41, 5.74) is 2.92. The van der Waals surface area contributed by atoms with Crippen LogP contribution in [0.25, 0.3) is 0 Å². The molecular formula is C20H22FNO. The standard InChI is InChI=1S/C20H22FNO/c1-15-6-2-3-8-19(15)20(23)22-13-5-4-7-17(14-22)16-9-11-18(21)12-10-16/h2-3,6,8-12,17H,4-5,7,13-14H2,1H3. The van der Waals surface area contributed by atoms with Gasteiger partial charge in [-0.3, -0.25) is 4.79 Å². The fraction of sp³-hybridized carbons (Fsp3) is 0.350. The van der Waals surface area contributed by atoms with Gasteiger partial charge in [-0.1, -0.05) is 36.8 Å². The quantitative estimate of drug-likeness (QED) is 0.797. The third-order valence-corrected chi connectivity index (χ3v) is 4.68. The largest absolute Gasteiger partial charge is 0.338 e. The van der Waals surface area contributed by atoms with E-state index in [9.17, 15) is 9.18 Å². The molecule has 1 amide bonds. The highest BCUT2D eigenvalue weighted by Gasteiger charge is 2.24. The highest BCUT2D eigenvalue weighted by atomic mass is 19.1. The van der Waals surface area contributed by atoms with Crippen LogP contribution in [0.2, 0.25) is 0 Å². The van der Waals surface area contributed by atoms with E-state index in [0.29, 0.717) is 6.54 Å². The maximum Gasteiger partial charge on any atom is 0.254 e. The van der Waals surface area contributed by atoms with Gasteiger partial charge in [0, 0.05) is 24.6 Å². The molecule has 1 heterocycles. The van der Waals surface area contributed by atoms with E-state index in [1.165, 1.54) is 12.1 Å². The second-order valence-corrected chi connectivity index (χ2v) is 6.31. The Balaban J connectivity index is 1.81. The zero-order chi connectivity index (χ0) is 16.2. The molecule has 3 rings (SSSR count). The van der Waals surface area contributed by atoms with Crippen molar-refractivity contribution in [3.05, 3.63) is 71.0 Å². The Bertz CT molecular complexity index is 680. The van der Waals surface area contributed by atoms with Gasteiger partial charge in [0.1, 0.15) is 5.82 Å². The van der Waals surface area contributed by atoms with Crippen LogP contribution in [0.3, 0.4) is 0 Å².